The molecule has 0 radical (unpaired) electrons. The Morgan fingerprint density at radius 3 is 2.71 bits per heavy atom. The van der Waals surface area contributed by atoms with Crippen LogP contribution in [0.3, 0.4) is 0 Å². The van der Waals surface area contributed by atoms with Crippen molar-refractivity contribution < 1.29 is 22.4 Å². The number of carbonyl (C=O) groups is 1. The van der Waals surface area contributed by atoms with E-state index in [-0.39, 0.29) is 29.4 Å². The quantitative estimate of drug-likeness (QED) is 0.564. The zero-order valence-corrected chi connectivity index (χ0v) is 19.0. The van der Waals surface area contributed by atoms with Crippen LogP contribution >= 0.6 is 0 Å². The Morgan fingerprint density at radius 1 is 1.26 bits per heavy atom. The number of halogens is 4. The summed E-state index contributed by atoms with van der Waals surface area (Å²) in [6, 6.07) is 6.15. The molecule has 34 heavy (non-hydrogen) atoms. The summed E-state index contributed by atoms with van der Waals surface area (Å²) < 4.78 is 55.3. The number of allylic oxidation sites excluding steroid dienone is 1. The molecule has 5 nitrogen and oxygen atoms in total. The predicted octanol–water partition coefficient (Wildman–Crippen LogP) is 4.80. The van der Waals surface area contributed by atoms with Crippen LogP contribution in [-0.2, 0) is 4.79 Å². The maximum Gasteiger partial charge on any atom is 0.417 e. The van der Waals surface area contributed by atoms with Gasteiger partial charge in [-0.05, 0) is 44.5 Å². The molecule has 0 bridgehead atoms. The first-order valence-electron chi connectivity index (χ1n) is 11.4. The zero-order valence-electron chi connectivity index (χ0n) is 19.0. The van der Waals surface area contributed by atoms with Gasteiger partial charge < -0.3 is 15.5 Å². The molecule has 2 atom stereocenters. The first kappa shape index (κ1) is 24.2. The van der Waals surface area contributed by atoms with Crippen LogP contribution in [0.4, 0.5) is 23.2 Å². The smallest absolute Gasteiger partial charge is 0.379 e. The van der Waals surface area contributed by atoms with E-state index in [2.05, 4.69) is 22.2 Å². The van der Waals surface area contributed by atoms with E-state index in [1.165, 1.54) is 0 Å². The maximum absolute atomic E-state index is 14.6. The number of hydrogen-bond donors (Lipinski definition) is 2. The molecule has 1 saturated heterocycles. The van der Waals surface area contributed by atoms with Gasteiger partial charge in [0.15, 0.2) is 0 Å². The van der Waals surface area contributed by atoms with Crippen molar-refractivity contribution in [2.75, 3.05) is 32.0 Å². The van der Waals surface area contributed by atoms with E-state index in [9.17, 15) is 22.4 Å². The van der Waals surface area contributed by atoms with Crippen molar-refractivity contribution in [3.63, 3.8) is 0 Å². The second-order valence-corrected chi connectivity index (χ2v) is 9.01. The number of anilines is 1. The Morgan fingerprint density at radius 2 is 2.03 bits per heavy atom. The summed E-state index contributed by atoms with van der Waals surface area (Å²) in [7, 11) is 1.85. The first-order valence-corrected chi connectivity index (χ1v) is 11.4. The summed E-state index contributed by atoms with van der Waals surface area (Å²) in [5.41, 5.74) is -0.474. The molecule has 1 amide bonds. The molecule has 2 N–H and O–H groups in total. The van der Waals surface area contributed by atoms with E-state index in [0.29, 0.717) is 29.7 Å². The van der Waals surface area contributed by atoms with Gasteiger partial charge in [0.05, 0.1) is 23.0 Å². The third-order valence-electron chi connectivity index (χ3n) is 6.24. The number of aromatic nitrogens is 1. The van der Waals surface area contributed by atoms with Gasteiger partial charge in [0, 0.05) is 42.0 Å². The SMILES string of the molecule is C=C(c1nc(/C=C/CNC(=O)C2CC2)cc2c(N[C@@H]3CCN(C)C[C@@H]3F)cccc12)C(F)(F)F. The van der Waals surface area contributed by atoms with Crippen molar-refractivity contribution in [3.8, 4) is 0 Å². The average molecular weight is 477 g/mol. The van der Waals surface area contributed by atoms with Gasteiger partial charge in [-0.15, -0.1) is 0 Å². The van der Waals surface area contributed by atoms with Gasteiger partial charge in [-0.3, -0.25) is 4.79 Å². The van der Waals surface area contributed by atoms with Crippen molar-refractivity contribution in [2.24, 2.45) is 5.92 Å². The summed E-state index contributed by atoms with van der Waals surface area (Å²) in [6.45, 7) is 4.51. The topological polar surface area (TPSA) is 57.3 Å². The predicted molar refractivity (Wildman–Crippen MR) is 126 cm³/mol. The Bertz CT molecular complexity index is 1110. The highest BCUT2D eigenvalue weighted by Gasteiger charge is 2.35. The molecule has 9 heteroatoms. The Hall–Kier alpha value is -2.94. The first-order chi connectivity index (χ1) is 16.1. The van der Waals surface area contributed by atoms with Crippen LogP contribution < -0.4 is 10.6 Å². The molecule has 2 fully saturated rings. The minimum atomic E-state index is -4.65. The van der Waals surface area contributed by atoms with Crippen molar-refractivity contribution in [2.45, 2.75) is 37.7 Å². The lowest BCUT2D eigenvalue weighted by molar-refractivity contribution is -0.122. The van der Waals surface area contributed by atoms with E-state index in [1.54, 1.807) is 36.4 Å². The van der Waals surface area contributed by atoms with Crippen molar-refractivity contribution in [3.05, 3.63) is 48.3 Å². The summed E-state index contributed by atoms with van der Waals surface area (Å²) >= 11 is 0. The number of pyridine rings is 1. The molecule has 0 unspecified atom stereocenters. The van der Waals surface area contributed by atoms with Gasteiger partial charge >= 0.3 is 6.18 Å². The lowest BCUT2D eigenvalue weighted by atomic mass is 9.99. The van der Waals surface area contributed by atoms with Gasteiger partial charge in [-0.25, -0.2) is 9.37 Å². The Labute approximate surface area is 195 Å². The third-order valence-corrected chi connectivity index (χ3v) is 6.24. The van der Waals surface area contributed by atoms with E-state index in [1.807, 2.05) is 11.9 Å². The molecule has 1 saturated carbocycles. The number of rotatable bonds is 7. The highest BCUT2D eigenvalue weighted by atomic mass is 19.4. The van der Waals surface area contributed by atoms with E-state index >= 15 is 0 Å². The van der Waals surface area contributed by atoms with Gasteiger partial charge in [0.25, 0.3) is 0 Å². The molecule has 2 heterocycles. The van der Waals surface area contributed by atoms with Crippen LogP contribution in [0.2, 0.25) is 0 Å². The van der Waals surface area contributed by atoms with Gasteiger partial charge in [-0.2, -0.15) is 13.2 Å². The highest BCUT2D eigenvalue weighted by Crippen LogP contribution is 2.37. The molecule has 4 rings (SSSR count). The molecule has 0 spiro atoms. The molecular formula is C25H28F4N4O. The number of likely N-dealkylation sites (tertiary alicyclic amines) is 1. The summed E-state index contributed by atoms with van der Waals surface area (Å²) in [4.78, 5) is 17.9. The van der Waals surface area contributed by atoms with Crippen LogP contribution in [0.5, 0.6) is 0 Å². The molecular weight excluding hydrogens is 448 g/mol. The minimum Gasteiger partial charge on any atom is -0.379 e. The monoisotopic (exact) mass is 476 g/mol. The van der Waals surface area contributed by atoms with Crippen LogP contribution in [0.1, 0.15) is 30.7 Å². The maximum atomic E-state index is 14.6. The lowest BCUT2D eigenvalue weighted by Gasteiger charge is -2.33. The minimum absolute atomic E-state index is 0.0207. The second kappa shape index (κ2) is 9.74. The molecule has 182 valence electrons. The van der Waals surface area contributed by atoms with Crippen LogP contribution in [0, 0.1) is 5.92 Å². The summed E-state index contributed by atoms with van der Waals surface area (Å²) in [5.74, 6) is 0.0501. The number of carbonyl (C=O) groups excluding carboxylic acids is 1. The van der Waals surface area contributed by atoms with Gasteiger partial charge in [-0.1, -0.05) is 24.8 Å². The number of alkyl halides is 4. The number of benzene rings is 1. The fourth-order valence-electron chi connectivity index (χ4n) is 4.12. The van der Waals surface area contributed by atoms with Crippen LogP contribution in [-0.4, -0.2) is 60.9 Å². The molecule has 2 aliphatic rings. The average Bonchev–Trinajstić information content (AvgIpc) is 3.63. The standard InChI is InChI=1S/C25H28F4N4O/c1-15(25(27,28)29)23-18-6-3-7-21(32-22-10-12-33(2)14-20(22)26)19(18)13-17(31-23)5-4-11-30-24(34)16-8-9-16/h3-7,13,16,20,22,32H,1,8-12,14H2,2H3,(H,30,34)/b5-4+/t20-,22+/m0/s1. The molecule has 1 aliphatic heterocycles. The number of piperidine rings is 1. The third kappa shape index (κ3) is 5.58. The highest BCUT2D eigenvalue weighted by molar-refractivity contribution is 6.00. The van der Waals surface area contributed by atoms with E-state index < -0.39 is 24.0 Å². The lowest BCUT2D eigenvalue weighted by Crippen LogP contribution is -2.46. The normalized spacial score (nSPS) is 21.7. The van der Waals surface area contributed by atoms with Crippen molar-refractivity contribution in [1.29, 1.82) is 0 Å². The van der Waals surface area contributed by atoms with Crippen molar-refractivity contribution >= 4 is 34.0 Å². The summed E-state index contributed by atoms with van der Waals surface area (Å²) in [6.07, 6.45) is -0.176. The van der Waals surface area contributed by atoms with Crippen LogP contribution in [0.15, 0.2) is 36.9 Å². The Balaban J connectivity index is 1.66. The zero-order chi connectivity index (χ0) is 24.5. The van der Waals surface area contributed by atoms with Gasteiger partial charge in [0.2, 0.25) is 5.91 Å². The number of nitrogens with zero attached hydrogens (tertiary/aromatic N) is 2. The molecule has 2 aromatic rings. The fourth-order valence-corrected chi connectivity index (χ4v) is 4.12. The number of hydrogen-bond acceptors (Lipinski definition) is 4. The molecule has 1 aromatic carbocycles. The molecule has 1 aromatic heterocycles. The Kier molecular flexibility index (Phi) is 6.93. The van der Waals surface area contributed by atoms with Crippen molar-refractivity contribution in [1.82, 2.24) is 15.2 Å². The van der Waals surface area contributed by atoms with Crippen LogP contribution in [0.25, 0.3) is 22.4 Å². The molecule has 1 aliphatic carbocycles. The van der Waals surface area contributed by atoms with Gasteiger partial charge in [0.1, 0.15) is 6.17 Å². The summed E-state index contributed by atoms with van der Waals surface area (Å²) in [5, 5.41) is 6.78. The van der Waals surface area contributed by atoms with E-state index in [4.69, 9.17) is 0 Å². The number of fused-ring (bicyclic) bond motifs is 1. The van der Waals surface area contributed by atoms with E-state index in [0.717, 1.165) is 19.4 Å². The number of amides is 1. The largest absolute Gasteiger partial charge is 0.417 e. The number of nitrogens with one attached hydrogen (secondary N) is 2. The second-order valence-electron chi connectivity index (χ2n) is 9.01. The fraction of sp³-hybridized carbons (Fsp3) is 0.440.